The van der Waals surface area contributed by atoms with Crippen LogP contribution in [0.4, 0.5) is 0 Å². The molecule has 12 N–H and O–H groups in total. The number of aromatic amines is 1. The number of aliphatic carboxylic acids is 2. The molecule has 0 saturated heterocycles. The van der Waals surface area contributed by atoms with Gasteiger partial charge < -0.3 is 48.3 Å². The third kappa shape index (κ3) is 9.96. The van der Waals surface area contributed by atoms with Gasteiger partial charge in [0.15, 0.2) is 5.96 Å². The van der Waals surface area contributed by atoms with Gasteiger partial charge in [0.1, 0.15) is 18.1 Å². The van der Waals surface area contributed by atoms with Crippen molar-refractivity contribution < 1.29 is 34.2 Å². The summed E-state index contributed by atoms with van der Waals surface area (Å²) in [5.41, 5.74) is 17.5. The molecule has 0 aliphatic heterocycles. The number of para-hydroxylation sites is 1. The number of fused-ring (bicyclic) bond motifs is 1. The molecular weight excluding hydrogens is 512 g/mol. The molecule has 39 heavy (non-hydrogen) atoms. The van der Waals surface area contributed by atoms with Gasteiger partial charge in [0.25, 0.3) is 0 Å². The monoisotopic (exact) mass is 546 g/mol. The average Bonchev–Trinajstić information content (AvgIpc) is 3.29. The van der Waals surface area contributed by atoms with Crippen molar-refractivity contribution in [2.45, 2.75) is 50.2 Å². The second-order valence-corrected chi connectivity index (χ2v) is 8.73. The van der Waals surface area contributed by atoms with Crippen LogP contribution in [-0.4, -0.2) is 82.0 Å². The van der Waals surface area contributed by atoms with Crippen LogP contribution in [0.5, 0.6) is 0 Å². The van der Waals surface area contributed by atoms with Crippen molar-refractivity contribution in [2.24, 2.45) is 22.2 Å². The Morgan fingerprint density at radius 1 is 0.923 bits per heavy atom. The molecule has 3 amide bonds. The first-order chi connectivity index (χ1) is 18.5. The molecule has 1 heterocycles. The standard InChI is InChI=1S/C24H34N8O7/c25-11-19(33)30-16(6-3-9-28-24(26)27)21(36)32-18(10-13-12-29-15-5-2-1-4-14(13)15)22(37)31-17(23(38)39)7-8-20(34)35/h1-2,4-5,12,16-18,29H,3,6-11,25H2,(H,30,33)(H,31,37)(H,32,36)(H,34,35)(H,38,39)(H4,26,27,28). The minimum Gasteiger partial charge on any atom is -0.481 e. The zero-order chi connectivity index (χ0) is 28.9. The number of amides is 3. The highest BCUT2D eigenvalue weighted by molar-refractivity contribution is 5.94. The summed E-state index contributed by atoms with van der Waals surface area (Å²) in [6, 6.07) is 3.42. The zero-order valence-electron chi connectivity index (χ0n) is 21.2. The van der Waals surface area contributed by atoms with Crippen LogP contribution in [0.15, 0.2) is 35.5 Å². The number of benzene rings is 1. The Kier molecular flexibility index (Phi) is 11.7. The van der Waals surface area contributed by atoms with Crippen LogP contribution in [-0.2, 0) is 30.4 Å². The number of rotatable bonds is 16. The van der Waals surface area contributed by atoms with Gasteiger partial charge in [-0.2, -0.15) is 0 Å². The Balaban J connectivity index is 2.29. The smallest absolute Gasteiger partial charge is 0.326 e. The van der Waals surface area contributed by atoms with E-state index in [0.29, 0.717) is 12.0 Å². The van der Waals surface area contributed by atoms with Crippen molar-refractivity contribution in [3.63, 3.8) is 0 Å². The van der Waals surface area contributed by atoms with Crippen LogP contribution in [0.25, 0.3) is 10.9 Å². The highest BCUT2D eigenvalue weighted by Crippen LogP contribution is 2.19. The zero-order valence-corrected chi connectivity index (χ0v) is 21.2. The van der Waals surface area contributed by atoms with Crippen molar-refractivity contribution in [2.75, 3.05) is 13.1 Å². The van der Waals surface area contributed by atoms with E-state index in [9.17, 15) is 29.1 Å². The summed E-state index contributed by atoms with van der Waals surface area (Å²) in [6.07, 6.45) is 1.23. The van der Waals surface area contributed by atoms with Crippen molar-refractivity contribution in [3.05, 3.63) is 36.0 Å². The molecule has 15 nitrogen and oxygen atoms in total. The molecule has 3 atom stereocenters. The molecule has 0 bridgehead atoms. The topological polar surface area (TPSA) is 268 Å². The van der Waals surface area contributed by atoms with E-state index in [2.05, 4.69) is 25.9 Å². The lowest BCUT2D eigenvalue weighted by atomic mass is 10.0. The van der Waals surface area contributed by atoms with Crippen molar-refractivity contribution in [1.82, 2.24) is 20.9 Å². The average molecular weight is 547 g/mol. The Morgan fingerprint density at radius 2 is 1.59 bits per heavy atom. The van der Waals surface area contributed by atoms with E-state index in [1.165, 1.54) is 0 Å². The first-order valence-electron chi connectivity index (χ1n) is 12.2. The van der Waals surface area contributed by atoms with E-state index in [0.717, 1.165) is 10.9 Å². The summed E-state index contributed by atoms with van der Waals surface area (Å²) in [6.45, 7) is -0.186. The van der Waals surface area contributed by atoms with Crippen molar-refractivity contribution in [1.29, 1.82) is 0 Å². The molecule has 2 aromatic rings. The lowest BCUT2D eigenvalue weighted by Crippen LogP contribution is -2.56. The molecule has 0 radical (unpaired) electrons. The molecule has 212 valence electrons. The summed E-state index contributed by atoms with van der Waals surface area (Å²) in [5.74, 6) is -4.93. The normalized spacial score (nSPS) is 13.1. The first-order valence-corrected chi connectivity index (χ1v) is 12.2. The number of carbonyl (C=O) groups is 5. The van der Waals surface area contributed by atoms with Crippen LogP contribution >= 0.6 is 0 Å². The van der Waals surface area contributed by atoms with Gasteiger partial charge in [-0.1, -0.05) is 18.2 Å². The van der Waals surface area contributed by atoms with Crippen LogP contribution in [0, 0.1) is 0 Å². The van der Waals surface area contributed by atoms with Crippen molar-refractivity contribution in [3.8, 4) is 0 Å². The number of carboxylic acid groups (broad SMARTS) is 2. The summed E-state index contributed by atoms with van der Waals surface area (Å²) in [5, 5.41) is 26.6. The van der Waals surface area contributed by atoms with E-state index in [1.54, 1.807) is 12.3 Å². The lowest BCUT2D eigenvalue weighted by molar-refractivity contribution is -0.143. The van der Waals surface area contributed by atoms with Crippen LogP contribution in [0.1, 0.15) is 31.2 Å². The van der Waals surface area contributed by atoms with Crippen LogP contribution < -0.4 is 33.2 Å². The van der Waals surface area contributed by atoms with E-state index in [-0.39, 0.29) is 38.3 Å². The number of nitrogens with zero attached hydrogens (tertiary/aromatic N) is 1. The number of hydrogen-bond acceptors (Lipinski definition) is 7. The molecule has 15 heteroatoms. The lowest BCUT2D eigenvalue weighted by Gasteiger charge is -2.24. The number of aliphatic imine (C=N–C) groups is 1. The van der Waals surface area contributed by atoms with Gasteiger partial charge in [0.2, 0.25) is 17.7 Å². The molecule has 0 fully saturated rings. The maximum absolute atomic E-state index is 13.2. The van der Waals surface area contributed by atoms with Gasteiger partial charge >= 0.3 is 11.9 Å². The second-order valence-electron chi connectivity index (χ2n) is 8.73. The van der Waals surface area contributed by atoms with Gasteiger partial charge in [-0.25, -0.2) is 4.79 Å². The maximum Gasteiger partial charge on any atom is 0.326 e. The summed E-state index contributed by atoms with van der Waals surface area (Å²) >= 11 is 0. The minimum absolute atomic E-state index is 0.0294. The largest absolute Gasteiger partial charge is 0.481 e. The third-order valence-corrected chi connectivity index (χ3v) is 5.78. The highest BCUT2D eigenvalue weighted by Gasteiger charge is 2.30. The number of guanidine groups is 1. The Bertz CT molecular complexity index is 1210. The third-order valence-electron chi connectivity index (χ3n) is 5.78. The summed E-state index contributed by atoms with van der Waals surface area (Å²) in [7, 11) is 0. The maximum atomic E-state index is 13.2. The Labute approximate surface area is 223 Å². The number of nitrogens with one attached hydrogen (secondary N) is 4. The van der Waals surface area contributed by atoms with Crippen LogP contribution in [0.3, 0.4) is 0 Å². The first kappa shape index (κ1) is 30.6. The molecular formula is C24H34N8O7. The quantitative estimate of drug-likeness (QED) is 0.0642. The minimum atomic E-state index is -1.50. The summed E-state index contributed by atoms with van der Waals surface area (Å²) in [4.78, 5) is 67.9. The fraction of sp³-hybridized carbons (Fsp3) is 0.417. The van der Waals surface area contributed by atoms with E-state index >= 15 is 0 Å². The van der Waals surface area contributed by atoms with E-state index in [1.807, 2.05) is 18.2 Å². The summed E-state index contributed by atoms with van der Waals surface area (Å²) < 4.78 is 0. The Morgan fingerprint density at radius 3 is 2.23 bits per heavy atom. The molecule has 1 aromatic heterocycles. The number of nitrogens with two attached hydrogens (primary N) is 3. The molecule has 0 saturated carbocycles. The second kappa shape index (κ2) is 14.9. The van der Waals surface area contributed by atoms with Gasteiger partial charge in [-0.15, -0.1) is 0 Å². The number of H-pyrrole nitrogens is 1. The molecule has 2 rings (SSSR count). The van der Waals surface area contributed by atoms with Gasteiger partial charge in [-0.05, 0) is 30.9 Å². The van der Waals surface area contributed by atoms with Crippen molar-refractivity contribution >= 4 is 46.5 Å². The number of hydrogen-bond donors (Lipinski definition) is 9. The molecule has 0 spiro atoms. The molecule has 1 aromatic carbocycles. The number of aromatic nitrogens is 1. The molecule has 0 aliphatic rings. The fourth-order valence-electron chi connectivity index (χ4n) is 3.83. The highest BCUT2D eigenvalue weighted by atomic mass is 16.4. The van der Waals surface area contributed by atoms with Gasteiger partial charge in [-0.3, -0.25) is 24.2 Å². The van der Waals surface area contributed by atoms with E-state index < -0.39 is 54.2 Å². The number of carboxylic acids is 2. The predicted molar refractivity (Wildman–Crippen MR) is 141 cm³/mol. The van der Waals surface area contributed by atoms with Gasteiger partial charge in [0, 0.05) is 36.5 Å². The number of carbonyl (C=O) groups excluding carboxylic acids is 3. The van der Waals surface area contributed by atoms with Crippen LogP contribution in [0.2, 0.25) is 0 Å². The van der Waals surface area contributed by atoms with Gasteiger partial charge in [0.05, 0.1) is 6.54 Å². The fourth-order valence-corrected chi connectivity index (χ4v) is 3.83. The Hall–Kier alpha value is -4.66. The molecule has 3 unspecified atom stereocenters. The molecule has 0 aliphatic carbocycles. The predicted octanol–water partition coefficient (Wildman–Crippen LogP) is -1.87. The van der Waals surface area contributed by atoms with E-state index in [4.69, 9.17) is 22.3 Å². The SMILES string of the molecule is NCC(=O)NC(CCCN=C(N)N)C(=O)NC(Cc1c[nH]c2ccccc12)C(=O)NC(CCC(=O)O)C(=O)O.